The Hall–Kier alpha value is -2.82. The van der Waals surface area contributed by atoms with E-state index in [4.69, 9.17) is 9.47 Å². The van der Waals surface area contributed by atoms with Crippen LogP contribution in [-0.2, 0) is 6.54 Å². The van der Waals surface area contributed by atoms with E-state index in [-0.39, 0.29) is 0 Å². The van der Waals surface area contributed by atoms with E-state index in [2.05, 4.69) is 40.4 Å². The summed E-state index contributed by atoms with van der Waals surface area (Å²) in [6.07, 6.45) is 2.49. The van der Waals surface area contributed by atoms with Crippen LogP contribution in [0, 0.1) is 6.92 Å². The van der Waals surface area contributed by atoms with Crippen molar-refractivity contribution in [1.82, 2.24) is 9.97 Å². The lowest BCUT2D eigenvalue weighted by molar-refractivity contribution is 0.296. The van der Waals surface area contributed by atoms with E-state index >= 15 is 0 Å². The second kappa shape index (κ2) is 6.35. The van der Waals surface area contributed by atoms with Crippen molar-refractivity contribution >= 4 is 16.7 Å². The fraction of sp³-hybridized carbons (Fsp3) is 0.263. The maximum absolute atomic E-state index is 5.88. The van der Waals surface area contributed by atoms with Crippen molar-refractivity contribution in [3.05, 3.63) is 53.9 Å². The van der Waals surface area contributed by atoms with Gasteiger partial charge in [0.1, 0.15) is 12.1 Å². The highest BCUT2D eigenvalue weighted by Gasteiger charge is 2.14. The second-order valence-corrected chi connectivity index (χ2v) is 5.89. The minimum absolute atomic E-state index is 0.618. The SMILES string of the molecule is Cc1ccc2ncnc(NCc3cccc4c3OCCCO4)c2c1. The van der Waals surface area contributed by atoms with E-state index in [0.29, 0.717) is 19.8 Å². The van der Waals surface area contributed by atoms with Crippen molar-refractivity contribution in [2.75, 3.05) is 18.5 Å². The third-order valence-corrected chi connectivity index (χ3v) is 4.09. The highest BCUT2D eigenvalue weighted by Crippen LogP contribution is 2.33. The first-order chi connectivity index (χ1) is 11.8. The Labute approximate surface area is 140 Å². The summed E-state index contributed by atoms with van der Waals surface area (Å²) < 4.78 is 11.6. The molecule has 1 aliphatic heterocycles. The molecule has 0 saturated carbocycles. The molecule has 5 nitrogen and oxygen atoms in total. The highest BCUT2D eigenvalue weighted by molar-refractivity contribution is 5.89. The van der Waals surface area contributed by atoms with Gasteiger partial charge >= 0.3 is 0 Å². The summed E-state index contributed by atoms with van der Waals surface area (Å²) >= 11 is 0. The van der Waals surface area contributed by atoms with E-state index in [1.54, 1.807) is 6.33 Å². The molecule has 4 rings (SSSR count). The second-order valence-electron chi connectivity index (χ2n) is 5.89. The molecule has 3 aromatic rings. The molecule has 0 fully saturated rings. The van der Waals surface area contributed by atoms with Crippen molar-refractivity contribution in [2.24, 2.45) is 0 Å². The van der Waals surface area contributed by atoms with Gasteiger partial charge in [0, 0.05) is 23.9 Å². The molecule has 0 aliphatic carbocycles. The Morgan fingerprint density at radius 2 is 2.00 bits per heavy atom. The first-order valence-electron chi connectivity index (χ1n) is 8.14. The van der Waals surface area contributed by atoms with E-state index in [0.717, 1.165) is 40.2 Å². The van der Waals surface area contributed by atoms with Crippen molar-refractivity contribution in [3.8, 4) is 11.5 Å². The largest absolute Gasteiger partial charge is 0.490 e. The molecule has 0 radical (unpaired) electrons. The van der Waals surface area contributed by atoms with Crippen LogP contribution in [0.15, 0.2) is 42.7 Å². The fourth-order valence-electron chi connectivity index (χ4n) is 2.88. The molecule has 2 heterocycles. The van der Waals surface area contributed by atoms with Crippen LogP contribution in [0.2, 0.25) is 0 Å². The van der Waals surface area contributed by atoms with Gasteiger partial charge in [-0.15, -0.1) is 0 Å². The van der Waals surface area contributed by atoms with Crippen molar-refractivity contribution in [2.45, 2.75) is 19.9 Å². The number of nitrogens with one attached hydrogen (secondary N) is 1. The minimum atomic E-state index is 0.618. The summed E-state index contributed by atoms with van der Waals surface area (Å²) in [5.41, 5.74) is 3.18. The lowest BCUT2D eigenvalue weighted by atomic mass is 10.1. The topological polar surface area (TPSA) is 56.3 Å². The quantitative estimate of drug-likeness (QED) is 0.797. The maximum atomic E-state index is 5.88. The van der Waals surface area contributed by atoms with Crippen LogP contribution >= 0.6 is 0 Å². The Kier molecular flexibility index (Phi) is 3.91. The molecule has 1 N–H and O–H groups in total. The van der Waals surface area contributed by atoms with Gasteiger partial charge in [-0.2, -0.15) is 0 Å². The predicted molar refractivity (Wildman–Crippen MR) is 93.7 cm³/mol. The number of hydrogen-bond acceptors (Lipinski definition) is 5. The smallest absolute Gasteiger partial charge is 0.166 e. The van der Waals surface area contributed by atoms with E-state index in [1.807, 2.05) is 18.2 Å². The van der Waals surface area contributed by atoms with Crippen LogP contribution in [0.25, 0.3) is 10.9 Å². The molecule has 0 atom stereocenters. The van der Waals surface area contributed by atoms with Gasteiger partial charge < -0.3 is 14.8 Å². The van der Waals surface area contributed by atoms with E-state index in [9.17, 15) is 0 Å². The molecular weight excluding hydrogens is 302 g/mol. The fourth-order valence-corrected chi connectivity index (χ4v) is 2.88. The molecule has 24 heavy (non-hydrogen) atoms. The molecule has 1 aliphatic rings. The summed E-state index contributed by atoms with van der Waals surface area (Å²) in [6, 6.07) is 12.2. The molecule has 122 valence electrons. The minimum Gasteiger partial charge on any atom is -0.490 e. The average molecular weight is 321 g/mol. The van der Waals surface area contributed by atoms with Crippen LogP contribution in [-0.4, -0.2) is 23.2 Å². The number of aromatic nitrogens is 2. The Morgan fingerprint density at radius 1 is 1.08 bits per heavy atom. The van der Waals surface area contributed by atoms with Gasteiger partial charge in [-0.05, 0) is 25.1 Å². The van der Waals surface area contributed by atoms with Crippen LogP contribution in [0.3, 0.4) is 0 Å². The van der Waals surface area contributed by atoms with Gasteiger partial charge in [0.2, 0.25) is 0 Å². The Balaban J connectivity index is 1.63. The van der Waals surface area contributed by atoms with Crippen molar-refractivity contribution < 1.29 is 9.47 Å². The molecule has 1 aromatic heterocycles. The standard InChI is InChI=1S/C19H19N3O2/c1-13-6-7-16-15(10-13)19(22-12-21-16)20-11-14-4-2-5-17-18(14)24-9-3-8-23-17/h2,4-7,10,12H,3,8-9,11H2,1H3,(H,20,21,22). The lowest BCUT2D eigenvalue weighted by Gasteiger charge is -2.14. The Morgan fingerprint density at radius 3 is 2.96 bits per heavy atom. The molecule has 5 heteroatoms. The maximum Gasteiger partial charge on any atom is 0.166 e. The molecule has 2 aromatic carbocycles. The zero-order valence-electron chi connectivity index (χ0n) is 13.6. The number of benzene rings is 2. The highest BCUT2D eigenvalue weighted by atomic mass is 16.5. The number of para-hydroxylation sites is 1. The van der Waals surface area contributed by atoms with Gasteiger partial charge in [0.15, 0.2) is 11.5 Å². The van der Waals surface area contributed by atoms with Gasteiger partial charge in [-0.25, -0.2) is 9.97 Å². The summed E-state index contributed by atoms with van der Waals surface area (Å²) in [5, 5.41) is 4.44. The van der Waals surface area contributed by atoms with Gasteiger partial charge in [0.05, 0.1) is 18.7 Å². The van der Waals surface area contributed by atoms with E-state index in [1.165, 1.54) is 5.56 Å². The molecule has 0 saturated heterocycles. The van der Waals surface area contributed by atoms with E-state index < -0.39 is 0 Å². The van der Waals surface area contributed by atoms with Crippen LogP contribution in [0.4, 0.5) is 5.82 Å². The number of rotatable bonds is 3. The first-order valence-corrected chi connectivity index (χ1v) is 8.14. The number of anilines is 1. The summed E-state index contributed by atoms with van der Waals surface area (Å²) in [4.78, 5) is 8.72. The van der Waals surface area contributed by atoms with Crippen LogP contribution in [0.1, 0.15) is 17.5 Å². The molecular formula is C19H19N3O2. The Bertz CT molecular complexity index is 880. The number of ether oxygens (including phenoxy) is 2. The van der Waals surface area contributed by atoms with Gasteiger partial charge in [0.25, 0.3) is 0 Å². The number of aryl methyl sites for hydroxylation is 1. The van der Waals surface area contributed by atoms with Crippen LogP contribution in [0.5, 0.6) is 11.5 Å². The third kappa shape index (κ3) is 2.85. The first kappa shape index (κ1) is 14.8. The van der Waals surface area contributed by atoms with Gasteiger partial charge in [-0.1, -0.05) is 23.8 Å². The van der Waals surface area contributed by atoms with Crippen molar-refractivity contribution in [3.63, 3.8) is 0 Å². The summed E-state index contributed by atoms with van der Waals surface area (Å²) in [6.45, 7) is 4.06. The monoisotopic (exact) mass is 321 g/mol. The van der Waals surface area contributed by atoms with Crippen molar-refractivity contribution in [1.29, 1.82) is 0 Å². The lowest BCUT2D eigenvalue weighted by Crippen LogP contribution is -2.05. The predicted octanol–water partition coefficient (Wildman–Crippen LogP) is 3.71. The zero-order chi connectivity index (χ0) is 16.4. The summed E-state index contributed by atoms with van der Waals surface area (Å²) in [7, 11) is 0. The average Bonchev–Trinajstić information content (AvgIpc) is 2.85. The number of hydrogen-bond donors (Lipinski definition) is 1. The van der Waals surface area contributed by atoms with Gasteiger partial charge in [-0.3, -0.25) is 0 Å². The molecule has 0 bridgehead atoms. The number of nitrogens with zero attached hydrogens (tertiary/aromatic N) is 2. The zero-order valence-corrected chi connectivity index (χ0v) is 13.6. The number of fused-ring (bicyclic) bond motifs is 2. The molecule has 0 unspecified atom stereocenters. The van der Waals surface area contributed by atoms with Crippen LogP contribution < -0.4 is 14.8 Å². The molecule has 0 amide bonds. The third-order valence-electron chi connectivity index (χ3n) is 4.09. The normalized spacial score (nSPS) is 13.5. The molecule has 0 spiro atoms. The summed E-state index contributed by atoms with van der Waals surface area (Å²) in [5.74, 6) is 2.48.